The second-order valence-corrected chi connectivity index (χ2v) is 9.96. The van der Waals surface area contributed by atoms with E-state index < -0.39 is 5.97 Å². The summed E-state index contributed by atoms with van der Waals surface area (Å²) in [5, 5.41) is 9.53. The summed E-state index contributed by atoms with van der Waals surface area (Å²) >= 11 is 0. The molecule has 5 rings (SSSR count). The zero-order valence-corrected chi connectivity index (χ0v) is 20.3. The molecule has 0 spiro atoms. The highest BCUT2D eigenvalue weighted by atomic mass is 19.1. The summed E-state index contributed by atoms with van der Waals surface area (Å²) in [5.41, 5.74) is 8.84. The quantitative estimate of drug-likeness (QED) is 0.447. The van der Waals surface area contributed by atoms with E-state index in [1.165, 1.54) is 28.0 Å². The molecule has 182 valence electrons. The van der Waals surface area contributed by atoms with Crippen molar-refractivity contribution in [2.24, 2.45) is 13.0 Å². The molecule has 1 N–H and O–H groups in total. The highest BCUT2D eigenvalue weighted by Crippen LogP contribution is 2.40. The van der Waals surface area contributed by atoms with Crippen LogP contribution in [0.1, 0.15) is 57.6 Å². The van der Waals surface area contributed by atoms with Gasteiger partial charge in [-0.15, -0.1) is 0 Å². The maximum atomic E-state index is 12.4. The molecule has 35 heavy (non-hydrogen) atoms. The van der Waals surface area contributed by atoms with Gasteiger partial charge in [-0.25, -0.2) is 4.79 Å². The number of hydrogen-bond donors (Lipinski definition) is 1. The molecular formula is C30H33FN2O2. The molecule has 0 radical (unpaired) electrons. The lowest BCUT2D eigenvalue weighted by Crippen LogP contribution is -2.47. The number of halogens is 1. The highest BCUT2D eigenvalue weighted by Gasteiger charge is 2.26. The molecule has 1 aliphatic carbocycles. The summed E-state index contributed by atoms with van der Waals surface area (Å²) in [5.74, 6) is -0.236. The lowest BCUT2D eigenvalue weighted by Gasteiger charge is -2.39. The Morgan fingerprint density at radius 2 is 1.89 bits per heavy atom. The van der Waals surface area contributed by atoms with Gasteiger partial charge in [-0.3, -0.25) is 4.39 Å². The Kier molecular flexibility index (Phi) is 6.87. The number of rotatable bonds is 8. The van der Waals surface area contributed by atoms with Crippen LogP contribution in [-0.4, -0.2) is 46.9 Å². The molecule has 1 aliphatic heterocycles. The predicted molar refractivity (Wildman–Crippen MR) is 138 cm³/mol. The van der Waals surface area contributed by atoms with Crippen LogP contribution in [0.25, 0.3) is 11.1 Å². The lowest BCUT2D eigenvalue weighted by atomic mass is 9.87. The van der Waals surface area contributed by atoms with Gasteiger partial charge >= 0.3 is 5.97 Å². The number of benzene rings is 2. The molecule has 0 atom stereocenters. The molecule has 0 amide bonds. The first-order valence-corrected chi connectivity index (χ1v) is 12.6. The van der Waals surface area contributed by atoms with Gasteiger partial charge in [0, 0.05) is 38.6 Å². The zero-order chi connectivity index (χ0) is 24.4. The number of nitrogens with zero attached hydrogens (tertiary/aromatic N) is 2. The summed E-state index contributed by atoms with van der Waals surface area (Å²) in [6.07, 6.45) is 6.57. The summed E-state index contributed by atoms with van der Waals surface area (Å²) in [7, 11) is 2.08. The fourth-order valence-electron chi connectivity index (χ4n) is 5.69. The average Bonchev–Trinajstić information content (AvgIpc) is 3.17. The first-order valence-electron chi connectivity index (χ1n) is 12.6. The third-order valence-electron chi connectivity index (χ3n) is 7.46. The van der Waals surface area contributed by atoms with E-state index in [4.69, 9.17) is 0 Å². The average molecular weight is 473 g/mol. The van der Waals surface area contributed by atoms with E-state index in [2.05, 4.69) is 59.1 Å². The topological polar surface area (TPSA) is 45.5 Å². The minimum absolute atomic E-state index is 0.232. The van der Waals surface area contributed by atoms with Crippen molar-refractivity contribution in [2.75, 3.05) is 26.3 Å². The summed E-state index contributed by atoms with van der Waals surface area (Å²) in [6.45, 7) is 2.75. The van der Waals surface area contributed by atoms with Crippen molar-refractivity contribution in [1.82, 2.24) is 9.47 Å². The van der Waals surface area contributed by atoms with Crippen molar-refractivity contribution >= 4 is 17.1 Å². The molecule has 2 aliphatic rings. The van der Waals surface area contributed by atoms with Crippen molar-refractivity contribution in [3.05, 3.63) is 94.3 Å². The van der Waals surface area contributed by atoms with Crippen molar-refractivity contribution in [2.45, 2.75) is 32.1 Å². The van der Waals surface area contributed by atoms with Gasteiger partial charge < -0.3 is 14.6 Å². The molecule has 0 bridgehead atoms. The molecule has 4 nitrogen and oxygen atoms in total. The van der Waals surface area contributed by atoms with Crippen LogP contribution in [0.2, 0.25) is 0 Å². The molecule has 2 aromatic carbocycles. The van der Waals surface area contributed by atoms with Gasteiger partial charge in [-0.1, -0.05) is 30.3 Å². The first kappa shape index (κ1) is 23.6. The van der Waals surface area contributed by atoms with Crippen molar-refractivity contribution in [3.8, 4) is 0 Å². The Bertz CT molecular complexity index is 1240. The van der Waals surface area contributed by atoms with Crippen LogP contribution in [0.5, 0.6) is 0 Å². The fraction of sp³-hybridized carbons (Fsp3) is 0.367. The lowest BCUT2D eigenvalue weighted by molar-refractivity contribution is 0.0696. The standard InChI is InChI=1S/C30H33FN2O2/c1-32-15-3-7-28(32)27-6-2-5-24-18-25(30(34)35)12-13-26(24)29(27)23-10-8-21(9-11-23)17-22-19-33(20-22)16-4-14-31/h3,7-13,15,18,22H,2,4-6,14,16-17,19-20H2,1H3,(H,34,35). The second kappa shape index (κ2) is 10.2. The summed E-state index contributed by atoms with van der Waals surface area (Å²) in [6, 6.07) is 18.8. The number of hydrogen-bond acceptors (Lipinski definition) is 2. The molecule has 0 saturated carbocycles. The number of carboxylic acids is 1. The van der Waals surface area contributed by atoms with Gasteiger partial charge in [0.2, 0.25) is 0 Å². The largest absolute Gasteiger partial charge is 0.478 e. The minimum Gasteiger partial charge on any atom is -0.478 e. The highest BCUT2D eigenvalue weighted by molar-refractivity contribution is 6.00. The molecule has 3 aromatic rings. The monoisotopic (exact) mass is 472 g/mol. The van der Waals surface area contributed by atoms with Crippen molar-refractivity contribution < 1.29 is 14.3 Å². The number of aryl methyl sites for hydroxylation is 2. The predicted octanol–water partition coefficient (Wildman–Crippen LogP) is 5.85. The molecule has 2 heterocycles. The third-order valence-corrected chi connectivity index (χ3v) is 7.46. The molecule has 1 saturated heterocycles. The first-order chi connectivity index (χ1) is 17.0. The number of likely N-dealkylation sites (tertiary alicyclic amines) is 1. The van der Waals surface area contributed by atoms with Crippen molar-refractivity contribution in [1.29, 1.82) is 0 Å². The van der Waals surface area contributed by atoms with Crippen LogP contribution >= 0.6 is 0 Å². The van der Waals surface area contributed by atoms with Crippen LogP contribution in [0.4, 0.5) is 4.39 Å². The maximum Gasteiger partial charge on any atom is 0.335 e. The second-order valence-electron chi connectivity index (χ2n) is 9.96. The number of alkyl halides is 1. The maximum absolute atomic E-state index is 12.4. The van der Waals surface area contributed by atoms with Gasteiger partial charge in [0.05, 0.1) is 12.2 Å². The molecule has 0 unspecified atom stereocenters. The molecule has 1 fully saturated rings. The van der Waals surface area contributed by atoms with E-state index in [1.807, 2.05) is 12.1 Å². The molecular weight excluding hydrogens is 439 g/mol. The SMILES string of the molecule is Cn1cccc1C1=C(c2ccc(CC3CN(CCCF)C3)cc2)c2ccc(C(=O)O)cc2CCC1. The minimum atomic E-state index is -0.881. The third kappa shape index (κ3) is 4.96. The van der Waals surface area contributed by atoms with Crippen LogP contribution in [0.15, 0.2) is 60.8 Å². The van der Waals surface area contributed by atoms with E-state index >= 15 is 0 Å². The zero-order valence-electron chi connectivity index (χ0n) is 20.3. The van der Waals surface area contributed by atoms with E-state index in [-0.39, 0.29) is 6.67 Å². The molecule has 1 aromatic heterocycles. The Morgan fingerprint density at radius 1 is 1.09 bits per heavy atom. The fourth-order valence-corrected chi connectivity index (χ4v) is 5.69. The number of aromatic carboxylic acids is 1. The van der Waals surface area contributed by atoms with Gasteiger partial charge in [-0.2, -0.15) is 0 Å². The number of carboxylic acid groups (broad SMARTS) is 1. The van der Waals surface area contributed by atoms with Crippen LogP contribution < -0.4 is 0 Å². The number of allylic oxidation sites excluding steroid dienone is 1. The van der Waals surface area contributed by atoms with Crippen LogP contribution in [-0.2, 0) is 19.9 Å². The number of aromatic nitrogens is 1. The van der Waals surface area contributed by atoms with E-state index in [9.17, 15) is 14.3 Å². The smallest absolute Gasteiger partial charge is 0.335 e. The Hall–Kier alpha value is -3.18. The van der Waals surface area contributed by atoms with Crippen LogP contribution in [0.3, 0.4) is 0 Å². The Balaban J connectivity index is 1.47. The van der Waals surface area contributed by atoms with Gasteiger partial charge in [-0.05, 0) is 95.7 Å². The number of fused-ring (bicyclic) bond motifs is 1. The van der Waals surface area contributed by atoms with E-state index in [1.54, 1.807) is 6.07 Å². The van der Waals surface area contributed by atoms with Crippen molar-refractivity contribution in [3.63, 3.8) is 0 Å². The van der Waals surface area contributed by atoms with Gasteiger partial charge in [0.15, 0.2) is 0 Å². The van der Waals surface area contributed by atoms with E-state index in [0.717, 1.165) is 56.4 Å². The van der Waals surface area contributed by atoms with Gasteiger partial charge in [0.1, 0.15) is 0 Å². The summed E-state index contributed by atoms with van der Waals surface area (Å²) < 4.78 is 14.6. The van der Waals surface area contributed by atoms with Gasteiger partial charge in [0.25, 0.3) is 0 Å². The normalized spacial score (nSPS) is 16.6. The van der Waals surface area contributed by atoms with Crippen LogP contribution in [0, 0.1) is 5.92 Å². The summed E-state index contributed by atoms with van der Waals surface area (Å²) in [4.78, 5) is 13.9. The number of carbonyl (C=O) groups is 1. The Labute approximate surface area is 206 Å². The Morgan fingerprint density at radius 3 is 2.57 bits per heavy atom. The molecule has 5 heteroatoms. The van der Waals surface area contributed by atoms with E-state index in [0.29, 0.717) is 17.9 Å².